The van der Waals surface area contributed by atoms with Gasteiger partial charge in [-0.15, -0.1) is 0 Å². The number of amides is 2. The number of hydrogen-bond acceptors (Lipinski definition) is 4. The molecule has 0 aromatic heterocycles. The second kappa shape index (κ2) is 9.68. The molecule has 0 fully saturated rings. The molecule has 0 aliphatic heterocycles. The average molecular weight is 377 g/mol. The Morgan fingerprint density at radius 2 is 1.65 bits per heavy atom. The van der Waals surface area contributed by atoms with Crippen molar-refractivity contribution in [2.24, 2.45) is 0 Å². The first-order chi connectivity index (χ1) is 12.5. The van der Waals surface area contributed by atoms with Gasteiger partial charge in [-0.05, 0) is 36.2 Å². The highest BCUT2D eigenvalue weighted by Gasteiger charge is 2.11. The largest absolute Gasteiger partial charge is 0.493 e. The molecular weight excluding hydrogens is 356 g/mol. The molecule has 0 aliphatic rings. The van der Waals surface area contributed by atoms with E-state index in [4.69, 9.17) is 21.1 Å². The molecule has 2 rings (SSSR count). The number of carbonyl (C=O) groups excluding carboxylic acids is 2. The van der Waals surface area contributed by atoms with Gasteiger partial charge in [0.25, 0.3) is 0 Å². The monoisotopic (exact) mass is 376 g/mol. The summed E-state index contributed by atoms with van der Waals surface area (Å²) in [6.45, 7) is 0.449. The first kappa shape index (κ1) is 19.6. The van der Waals surface area contributed by atoms with Crippen LogP contribution in [0.3, 0.4) is 0 Å². The van der Waals surface area contributed by atoms with Crippen LogP contribution < -0.4 is 20.1 Å². The van der Waals surface area contributed by atoms with Crippen LogP contribution in [-0.4, -0.2) is 32.6 Å². The Kier molecular flexibility index (Phi) is 7.29. The van der Waals surface area contributed by atoms with Crippen molar-refractivity contribution in [2.75, 3.05) is 26.1 Å². The van der Waals surface area contributed by atoms with Crippen LogP contribution in [0.25, 0.3) is 0 Å². The first-order valence-corrected chi connectivity index (χ1v) is 8.42. The zero-order chi connectivity index (χ0) is 18.9. The molecule has 0 saturated heterocycles. The minimum Gasteiger partial charge on any atom is -0.493 e. The highest BCUT2D eigenvalue weighted by atomic mass is 35.5. The van der Waals surface area contributed by atoms with Crippen molar-refractivity contribution < 1.29 is 19.1 Å². The molecule has 0 aliphatic carbocycles. The fourth-order valence-corrected chi connectivity index (χ4v) is 2.45. The fraction of sp³-hybridized carbons (Fsp3) is 0.263. The Balaban J connectivity index is 1.78. The molecule has 26 heavy (non-hydrogen) atoms. The lowest BCUT2D eigenvalue weighted by atomic mass is 10.1. The number of benzene rings is 2. The van der Waals surface area contributed by atoms with Crippen LogP contribution in [0, 0.1) is 0 Å². The van der Waals surface area contributed by atoms with Gasteiger partial charge >= 0.3 is 0 Å². The van der Waals surface area contributed by atoms with Crippen LogP contribution in [-0.2, 0) is 16.0 Å². The van der Waals surface area contributed by atoms with Crippen LogP contribution in [0.4, 0.5) is 5.69 Å². The Hall–Kier alpha value is -2.73. The summed E-state index contributed by atoms with van der Waals surface area (Å²) in [5.41, 5.74) is 1.59. The van der Waals surface area contributed by atoms with Gasteiger partial charge < -0.3 is 20.1 Å². The molecular formula is C19H21ClN2O4. The lowest BCUT2D eigenvalue weighted by Crippen LogP contribution is -2.29. The molecule has 2 aromatic rings. The van der Waals surface area contributed by atoms with E-state index in [0.717, 1.165) is 5.56 Å². The third-order valence-corrected chi connectivity index (χ3v) is 3.89. The lowest BCUT2D eigenvalue weighted by molar-refractivity contribution is -0.126. The molecule has 0 atom stereocenters. The van der Waals surface area contributed by atoms with Crippen molar-refractivity contribution in [2.45, 2.75) is 12.8 Å². The van der Waals surface area contributed by atoms with E-state index in [-0.39, 0.29) is 12.3 Å². The number of anilines is 1. The summed E-state index contributed by atoms with van der Waals surface area (Å²) >= 11 is 5.83. The number of carbonyl (C=O) groups is 2. The van der Waals surface area contributed by atoms with Gasteiger partial charge in [-0.3, -0.25) is 9.59 Å². The number of ether oxygens (including phenoxy) is 2. The van der Waals surface area contributed by atoms with Gasteiger partial charge in [0, 0.05) is 23.3 Å². The standard InChI is InChI=1S/C19H21ClN2O4/c1-25-16-8-7-15(11-17(16)26-2)22-19(24)12-18(23)21-10-9-13-3-5-14(20)6-4-13/h3-8,11H,9-10,12H2,1-2H3,(H,21,23)(H,22,24). The molecule has 138 valence electrons. The van der Waals surface area contributed by atoms with Gasteiger partial charge in [-0.25, -0.2) is 0 Å². The van der Waals surface area contributed by atoms with Gasteiger partial charge in [0.15, 0.2) is 11.5 Å². The van der Waals surface area contributed by atoms with E-state index in [1.165, 1.54) is 14.2 Å². The fourth-order valence-electron chi connectivity index (χ4n) is 2.32. The van der Waals surface area contributed by atoms with E-state index in [2.05, 4.69) is 10.6 Å². The quantitative estimate of drug-likeness (QED) is 0.694. The molecule has 0 unspecified atom stereocenters. The number of methoxy groups -OCH3 is 2. The van der Waals surface area contributed by atoms with Crippen molar-refractivity contribution in [1.82, 2.24) is 5.32 Å². The van der Waals surface area contributed by atoms with Crippen LogP contribution in [0.2, 0.25) is 5.02 Å². The molecule has 2 amide bonds. The van der Waals surface area contributed by atoms with Gasteiger partial charge in [0.2, 0.25) is 11.8 Å². The Labute approximate surface area is 157 Å². The molecule has 2 aromatic carbocycles. The molecule has 0 radical (unpaired) electrons. The molecule has 6 nitrogen and oxygen atoms in total. The number of nitrogens with one attached hydrogen (secondary N) is 2. The highest BCUT2D eigenvalue weighted by Crippen LogP contribution is 2.29. The summed E-state index contributed by atoms with van der Waals surface area (Å²) in [4.78, 5) is 23.9. The molecule has 2 N–H and O–H groups in total. The molecule has 0 spiro atoms. The van der Waals surface area contributed by atoms with Crippen LogP contribution in [0.15, 0.2) is 42.5 Å². The minimum absolute atomic E-state index is 0.255. The highest BCUT2D eigenvalue weighted by molar-refractivity contribution is 6.30. The normalized spacial score (nSPS) is 10.1. The summed E-state index contributed by atoms with van der Waals surface area (Å²) < 4.78 is 10.3. The third-order valence-electron chi connectivity index (χ3n) is 3.64. The van der Waals surface area contributed by atoms with Crippen molar-refractivity contribution in [1.29, 1.82) is 0 Å². The summed E-state index contributed by atoms with van der Waals surface area (Å²) in [5.74, 6) is 0.321. The first-order valence-electron chi connectivity index (χ1n) is 8.05. The van der Waals surface area contributed by atoms with Gasteiger partial charge in [-0.2, -0.15) is 0 Å². The maximum absolute atomic E-state index is 12.0. The molecule has 0 saturated carbocycles. The molecule has 0 bridgehead atoms. The summed E-state index contributed by atoms with van der Waals surface area (Å²) in [7, 11) is 3.04. The maximum Gasteiger partial charge on any atom is 0.233 e. The molecule has 0 heterocycles. The summed E-state index contributed by atoms with van der Waals surface area (Å²) in [5, 5.41) is 6.06. The Morgan fingerprint density at radius 3 is 2.31 bits per heavy atom. The topological polar surface area (TPSA) is 76.7 Å². The van der Waals surface area contributed by atoms with Gasteiger partial charge in [0.1, 0.15) is 6.42 Å². The SMILES string of the molecule is COc1ccc(NC(=O)CC(=O)NCCc2ccc(Cl)cc2)cc1OC. The zero-order valence-corrected chi connectivity index (χ0v) is 15.4. The van der Waals surface area contributed by atoms with Gasteiger partial charge in [-0.1, -0.05) is 23.7 Å². The van der Waals surface area contributed by atoms with Gasteiger partial charge in [0.05, 0.1) is 14.2 Å². The van der Waals surface area contributed by atoms with Crippen LogP contribution >= 0.6 is 11.6 Å². The minimum atomic E-state index is -0.402. The smallest absolute Gasteiger partial charge is 0.233 e. The van der Waals surface area contributed by atoms with E-state index >= 15 is 0 Å². The molecule has 7 heteroatoms. The number of halogens is 1. The second-order valence-corrected chi connectivity index (χ2v) is 5.96. The predicted octanol–water partition coefficient (Wildman–Crippen LogP) is 3.04. The van der Waals surface area contributed by atoms with E-state index in [1.54, 1.807) is 30.3 Å². The van der Waals surface area contributed by atoms with E-state index < -0.39 is 5.91 Å². The van der Waals surface area contributed by atoms with Crippen molar-refractivity contribution in [3.63, 3.8) is 0 Å². The third kappa shape index (κ3) is 5.97. The lowest BCUT2D eigenvalue weighted by Gasteiger charge is -2.10. The number of hydrogen-bond donors (Lipinski definition) is 2. The van der Waals surface area contributed by atoms with E-state index in [9.17, 15) is 9.59 Å². The average Bonchev–Trinajstić information content (AvgIpc) is 2.63. The number of rotatable bonds is 8. The van der Waals surface area contributed by atoms with Crippen LogP contribution in [0.1, 0.15) is 12.0 Å². The van der Waals surface area contributed by atoms with Crippen molar-refractivity contribution in [3.05, 3.63) is 53.1 Å². The second-order valence-electron chi connectivity index (χ2n) is 5.52. The Morgan fingerprint density at radius 1 is 0.962 bits per heavy atom. The van der Waals surface area contributed by atoms with E-state index in [1.807, 2.05) is 12.1 Å². The summed E-state index contributed by atoms with van der Waals surface area (Å²) in [6, 6.07) is 12.4. The predicted molar refractivity (Wildman–Crippen MR) is 101 cm³/mol. The maximum atomic E-state index is 12.0. The van der Waals surface area contributed by atoms with Crippen molar-refractivity contribution in [3.8, 4) is 11.5 Å². The zero-order valence-electron chi connectivity index (χ0n) is 14.7. The Bertz CT molecular complexity index is 763. The summed E-state index contributed by atoms with van der Waals surface area (Å²) in [6.07, 6.45) is 0.412. The van der Waals surface area contributed by atoms with Crippen molar-refractivity contribution >= 4 is 29.1 Å². The van der Waals surface area contributed by atoms with E-state index in [0.29, 0.717) is 35.2 Å². The van der Waals surface area contributed by atoms with Crippen LogP contribution in [0.5, 0.6) is 11.5 Å².